The van der Waals surface area contributed by atoms with Gasteiger partial charge in [-0.1, -0.05) is 6.92 Å². The second kappa shape index (κ2) is 14.0. The van der Waals surface area contributed by atoms with E-state index in [0.29, 0.717) is 59.6 Å². The summed E-state index contributed by atoms with van der Waals surface area (Å²) in [5, 5.41) is 2.38. The largest absolute Gasteiger partial charge is 0.493 e. The molecule has 2 atom stereocenters. The molecule has 6 rings (SSSR count). The predicted octanol–water partition coefficient (Wildman–Crippen LogP) is 5.38. The van der Waals surface area contributed by atoms with E-state index in [9.17, 15) is 22.8 Å². The van der Waals surface area contributed by atoms with Crippen LogP contribution in [-0.4, -0.2) is 79.3 Å². The summed E-state index contributed by atoms with van der Waals surface area (Å²) in [6.07, 6.45) is 3.74. The number of carbonyl (C=O) groups is 2. The lowest BCUT2D eigenvalue weighted by Crippen LogP contribution is -2.60. The third kappa shape index (κ3) is 7.64. The predicted molar refractivity (Wildman–Crippen MR) is 172 cm³/mol. The molecule has 14 heteroatoms. The summed E-state index contributed by atoms with van der Waals surface area (Å²) >= 11 is 0. The first-order valence-corrected chi connectivity index (χ1v) is 15.6. The van der Waals surface area contributed by atoms with Crippen molar-refractivity contribution < 1.29 is 27.5 Å². The molecule has 2 aliphatic rings. The zero-order chi connectivity index (χ0) is 33.9. The van der Waals surface area contributed by atoms with Crippen molar-refractivity contribution in [3.05, 3.63) is 66.4 Å². The Kier molecular flexibility index (Phi) is 9.99. The fourth-order valence-electron chi connectivity index (χ4n) is 5.87. The molecule has 2 fully saturated rings. The lowest BCUT2D eigenvalue weighted by Gasteiger charge is -2.46. The monoisotopic (exact) mass is 652 g/mol. The maximum atomic E-state index is 12.9. The first-order chi connectivity index (χ1) is 22.3. The van der Waals surface area contributed by atoms with Crippen LogP contribution in [0.5, 0.6) is 5.75 Å². The molecule has 1 aromatic carbocycles. The molecular weight excluding hydrogens is 613 g/mol. The molecule has 11 nitrogen and oxygen atoms in total. The summed E-state index contributed by atoms with van der Waals surface area (Å²) in [5.74, 6) is 0.814. The number of nitrogens with one attached hydrogen (secondary N) is 1. The molecule has 3 N–H and O–H groups in total. The smallest absolute Gasteiger partial charge is 0.416 e. The highest BCUT2D eigenvalue weighted by Gasteiger charge is 2.36. The van der Waals surface area contributed by atoms with Crippen molar-refractivity contribution in [2.24, 2.45) is 5.92 Å². The SMILES string of the molecule is CC1CCC2CN(C(C)C)CC(=O)N2C1.CCOc1cc(C(=O)Nc2cc(C(F)(F)F)ccn2)ccc1-c1ncn2ccnc(N)c12. The van der Waals surface area contributed by atoms with E-state index >= 15 is 0 Å². The quantitative estimate of drug-likeness (QED) is 0.284. The van der Waals surface area contributed by atoms with Crippen LogP contribution in [-0.2, 0) is 11.0 Å². The molecule has 2 saturated heterocycles. The number of amides is 2. The molecule has 0 bridgehead atoms. The van der Waals surface area contributed by atoms with E-state index in [1.54, 1.807) is 36.1 Å². The maximum Gasteiger partial charge on any atom is 0.416 e. The van der Waals surface area contributed by atoms with E-state index < -0.39 is 17.6 Å². The Morgan fingerprint density at radius 3 is 2.62 bits per heavy atom. The van der Waals surface area contributed by atoms with Gasteiger partial charge < -0.3 is 25.1 Å². The number of ether oxygens (including phenoxy) is 1. The highest BCUT2D eigenvalue weighted by atomic mass is 19.4. The van der Waals surface area contributed by atoms with Crippen LogP contribution in [0.1, 0.15) is 56.5 Å². The molecule has 0 aliphatic carbocycles. The van der Waals surface area contributed by atoms with Crippen LogP contribution in [0.3, 0.4) is 0 Å². The first-order valence-electron chi connectivity index (χ1n) is 15.6. The minimum absolute atomic E-state index is 0.172. The number of imidazole rings is 1. The second-order valence-corrected chi connectivity index (χ2v) is 12.1. The Morgan fingerprint density at radius 2 is 1.89 bits per heavy atom. The average Bonchev–Trinajstić information content (AvgIpc) is 3.47. The molecule has 2 amide bonds. The summed E-state index contributed by atoms with van der Waals surface area (Å²) in [7, 11) is 0. The fourth-order valence-corrected chi connectivity index (χ4v) is 5.87. The summed E-state index contributed by atoms with van der Waals surface area (Å²) in [4.78, 5) is 41.3. The molecule has 0 radical (unpaired) electrons. The van der Waals surface area contributed by atoms with Crippen molar-refractivity contribution in [1.82, 2.24) is 29.2 Å². The minimum atomic E-state index is -4.55. The van der Waals surface area contributed by atoms with Crippen molar-refractivity contribution >= 4 is 29.0 Å². The molecule has 4 aromatic rings. The van der Waals surface area contributed by atoms with Crippen LogP contribution in [0.4, 0.5) is 24.8 Å². The van der Waals surface area contributed by atoms with E-state index in [1.165, 1.54) is 25.0 Å². The number of piperidine rings is 1. The Morgan fingerprint density at radius 1 is 1.11 bits per heavy atom. The van der Waals surface area contributed by atoms with Crippen molar-refractivity contribution in [2.45, 2.75) is 58.8 Å². The number of piperazine rings is 1. The lowest BCUT2D eigenvalue weighted by molar-refractivity contribution is -0.144. The maximum absolute atomic E-state index is 12.9. The van der Waals surface area contributed by atoms with Crippen LogP contribution in [0.25, 0.3) is 16.8 Å². The molecule has 250 valence electrons. The Labute approximate surface area is 270 Å². The highest BCUT2D eigenvalue weighted by molar-refractivity contribution is 6.04. The van der Waals surface area contributed by atoms with E-state index in [2.05, 4.69) is 50.8 Å². The summed E-state index contributed by atoms with van der Waals surface area (Å²) in [6.45, 7) is 11.4. The van der Waals surface area contributed by atoms with Gasteiger partial charge in [0, 0.05) is 54.9 Å². The Bertz CT molecular complexity index is 1740. The fraction of sp³-hybridized carbons (Fsp3) is 0.424. The third-order valence-corrected chi connectivity index (χ3v) is 8.38. The van der Waals surface area contributed by atoms with E-state index in [4.69, 9.17) is 10.5 Å². The molecule has 3 aromatic heterocycles. The standard InChI is InChI=1S/C21H17F3N6O2.C12H22N2O/c1-2-32-15-9-12(20(31)29-16-10-13(5-6-26-16)21(22,23)24)3-4-14(15)17-18-19(25)27-7-8-30(18)11-28-17;1-9(2)13-7-11-5-4-10(3)6-14(11)12(15)8-13/h3-11H,2H2,1H3,(H2,25,27)(H,26,29,31);9-11H,4-8H2,1-3H3. The van der Waals surface area contributed by atoms with E-state index in [1.807, 2.05) is 0 Å². The van der Waals surface area contributed by atoms with Gasteiger partial charge in [0.15, 0.2) is 0 Å². The van der Waals surface area contributed by atoms with Crippen molar-refractivity contribution in [1.29, 1.82) is 0 Å². The Hall–Kier alpha value is -4.72. The van der Waals surface area contributed by atoms with Gasteiger partial charge in [-0.05, 0) is 69.9 Å². The lowest BCUT2D eigenvalue weighted by atomic mass is 9.92. The number of hydrogen-bond acceptors (Lipinski definition) is 8. The number of nitrogen functional groups attached to an aromatic ring is 1. The van der Waals surface area contributed by atoms with Crippen molar-refractivity contribution in [3.63, 3.8) is 0 Å². The molecule has 5 heterocycles. The summed E-state index contributed by atoms with van der Waals surface area (Å²) < 4.78 is 46.1. The number of hydrogen-bond donors (Lipinski definition) is 2. The van der Waals surface area contributed by atoms with Crippen LogP contribution in [0.2, 0.25) is 0 Å². The number of fused-ring (bicyclic) bond motifs is 2. The Balaban J connectivity index is 0.000000241. The van der Waals surface area contributed by atoms with Gasteiger partial charge in [-0.3, -0.25) is 14.5 Å². The molecule has 47 heavy (non-hydrogen) atoms. The number of benzene rings is 1. The number of nitrogens with zero attached hydrogens (tertiary/aromatic N) is 6. The summed E-state index contributed by atoms with van der Waals surface area (Å²) in [5.41, 5.74) is 6.95. The molecule has 2 unspecified atom stereocenters. The van der Waals surface area contributed by atoms with Gasteiger partial charge in [0.2, 0.25) is 5.91 Å². The van der Waals surface area contributed by atoms with Gasteiger partial charge in [0.25, 0.3) is 5.91 Å². The van der Waals surface area contributed by atoms with E-state index in [0.717, 1.165) is 31.4 Å². The summed E-state index contributed by atoms with van der Waals surface area (Å²) in [6, 6.07) is 7.21. The second-order valence-electron chi connectivity index (χ2n) is 12.1. The number of halogens is 3. The molecule has 0 saturated carbocycles. The number of anilines is 2. The zero-order valence-electron chi connectivity index (χ0n) is 26.8. The topological polar surface area (TPSA) is 131 Å². The van der Waals surface area contributed by atoms with Gasteiger partial charge >= 0.3 is 6.18 Å². The van der Waals surface area contributed by atoms with Gasteiger partial charge in [0.1, 0.15) is 34.9 Å². The van der Waals surface area contributed by atoms with Crippen molar-refractivity contribution in [2.75, 3.05) is 37.3 Å². The third-order valence-electron chi connectivity index (χ3n) is 8.38. The average molecular weight is 653 g/mol. The zero-order valence-corrected chi connectivity index (χ0v) is 26.8. The number of alkyl halides is 3. The van der Waals surface area contributed by atoms with Crippen LogP contribution in [0, 0.1) is 5.92 Å². The van der Waals surface area contributed by atoms with Crippen LogP contribution < -0.4 is 15.8 Å². The number of carbonyl (C=O) groups excluding carboxylic acids is 2. The van der Waals surface area contributed by atoms with Crippen molar-refractivity contribution in [3.8, 4) is 17.0 Å². The number of nitrogens with two attached hydrogens (primary N) is 1. The van der Waals surface area contributed by atoms with Crippen LogP contribution >= 0.6 is 0 Å². The molecule has 2 aliphatic heterocycles. The number of aromatic nitrogens is 4. The van der Waals surface area contributed by atoms with Crippen LogP contribution in [0.15, 0.2) is 55.2 Å². The van der Waals surface area contributed by atoms with Gasteiger partial charge in [0.05, 0.1) is 18.7 Å². The highest BCUT2D eigenvalue weighted by Crippen LogP contribution is 2.35. The molecular formula is C33H39F3N8O3. The van der Waals surface area contributed by atoms with Gasteiger partial charge in [-0.15, -0.1) is 0 Å². The van der Waals surface area contributed by atoms with Gasteiger partial charge in [-0.25, -0.2) is 15.0 Å². The minimum Gasteiger partial charge on any atom is -0.493 e. The normalized spacial score (nSPS) is 18.5. The first kappa shape index (κ1) is 33.6. The number of rotatable bonds is 6. The molecule has 0 spiro atoms. The van der Waals surface area contributed by atoms with E-state index in [-0.39, 0.29) is 17.2 Å². The van der Waals surface area contributed by atoms with Gasteiger partial charge in [-0.2, -0.15) is 13.2 Å². The number of pyridine rings is 1.